The average Bonchev–Trinajstić information content (AvgIpc) is 2.78. The van der Waals surface area contributed by atoms with Gasteiger partial charge in [-0.05, 0) is 24.3 Å². The fraction of sp³-hybridized carbons (Fsp3) is 0.462. The molecule has 1 atom stereocenters. The third-order valence-corrected chi connectivity index (χ3v) is 3.18. The van der Waals surface area contributed by atoms with Gasteiger partial charge in [-0.1, -0.05) is 30.3 Å². The number of carbonyl (C=O) groups excluding carboxylic acids is 1. The van der Waals surface area contributed by atoms with Crippen LogP contribution in [0.5, 0.6) is 0 Å². The van der Waals surface area contributed by atoms with E-state index in [4.69, 9.17) is 5.73 Å². The van der Waals surface area contributed by atoms with Crippen LogP contribution in [0, 0.1) is 5.92 Å². The number of carbonyl (C=O) groups is 1. The van der Waals surface area contributed by atoms with E-state index in [1.54, 1.807) is 0 Å². The molecule has 1 unspecified atom stereocenters. The summed E-state index contributed by atoms with van der Waals surface area (Å²) in [5.74, 6) is 0.675. The first-order chi connectivity index (χ1) is 7.79. The maximum absolute atomic E-state index is 11.4. The second-order valence-corrected chi connectivity index (χ2v) is 4.39. The van der Waals surface area contributed by atoms with Crippen molar-refractivity contribution in [3.63, 3.8) is 0 Å². The van der Waals surface area contributed by atoms with Gasteiger partial charge in [0.2, 0.25) is 5.91 Å². The van der Waals surface area contributed by atoms with Crippen LogP contribution in [0.2, 0.25) is 0 Å². The van der Waals surface area contributed by atoms with Crippen molar-refractivity contribution < 1.29 is 4.79 Å². The predicted molar refractivity (Wildman–Crippen MR) is 71.1 cm³/mol. The largest absolute Gasteiger partial charge is 0.341 e. The van der Waals surface area contributed by atoms with Crippen LogP contribution in [0.4, 0.5) is 0 Å². The van der Waals surface area contributed by atoms with Crippen molar-refractivity contribution >= 4 is 18.3 Å². The lowest BCUT2D eigenvalue weighted by molar-refractivity contribution is -0.128. The number of nitrogens with zero attached hydrogens (tertiary/aromatic N) is 1. The standard InChI is InChI=1S/C13H18N2O.ClH/c14-9-13(16)15-7-6-12(10-15)8-11-4-2-1-3-5-11;/h1-5,12H,6-10,14H2;1H. The Morgan fingerprint density at radius 3 is 2.71 bits per heavy atom. The molecule has 2 N–H and O–H groups in total. The van der Waals surface area contributed by atoms with E-state index in [-0.39, 0.29) is 24.9 Å². The number of hydrogen-bond acceptors (Lipinski definition) is 2. The third kappa shape index (κ3) is 3.72. The number of hydrogen-bond donors (Lipinski definition) is 1. The van der Waals surface area contributed by atoms with Crippen LogP contribution in [0.15, 0.2) is 30.3 Å². The Labute approximate surface area is 108 Å². The zero-order valence-corrected chi connectivity index (χ0v) is 10.7. The van der Waals surface area contributed by atoms with Gasteiger partial charge >= 0.3 is 0 Å². The number of amides is 1. The van der Waals surface area contributed by atoms with E-state index in [2.05, 4.69) is 24.3 Å². The number of nitrogens with two attached hydrogens (primary N) is 1. The van der Waals surface area contributed by atoms with Crippen molar-refractivity contribution in [1.29, 1.82) is 0 Å². The molecule has 1 saturated heterocycles. The Morgan fingerprint density at radius 1 is 1.35 bits per heavy atom. The second kappa shape index (κ2) is 6.62. The van der Waals surface area contributed by atoms with Crippen molar-refractivity contribution in [3.05, 3.63) is 35.9 Å². The van der Waals surface area contributed by atoms with Gasteiger partial charge in [0.15, 0.2) is 0 Å². The molecule has 1 aliphatic rings. The number of rotatable bonds is 3. The molecule has 1 heterocycles. The van der Waals surface area contributed by atoms with E-state index in [9.17, 15) is 4.79 Å². The summed E-state index contributed by atoms with van der Waals surface area (Å²) >= 11 is 0. The molecule has 1 aromatic carbocycles. The highest BCUT2D eigenvalue weighted by Gasteiger charge is 2.25. The van der Waals surface area contributed by atoms with Crippen LogP contribution in [0.25, 0.3) is 0 Å². The molecule has 94 valence electrons. The quantitative estimate of drug-likeness (QED) is 0.888. The minimum absolute atomic E-state index is 0. The Hall–Kier alpha value is -1.06. The molecule has 2 rings (SSSR count). The van der Waals surface area contributed by atoms with E-state index in [1.807, 2.05) is 11.0 Å². The number of benzene rings is 1. The minimum Gasteiger partial charge on any atom is -0.341 e. The molecule has 1 aromatic rings. The zero-order chi connectivity index (χ0) is 11.4. The molecule has 0 aromatic heterocycles. The molecule has 3 nitrogen and oxygen atoms in total. The van der Waals surface area contributed by atoms with E-state index in [1.165, 1.54) is 5.56 Å². The average molecular weight is 255 g/mol. The van der Waals surface area contributed by atoms with Crippen molar-refractivity contribution in [2.24, 2.45) is 11.7 Å². The van der Waals surface area contributed by atoms with Gasteiger partial charge in [0.1, 0.15) is 0 Å². The predicted octanol–water partition coefficient (Wildman–Crippen LogP) is 1.46. The summed E-state index contributed by atoms with van der Waals surface area (Å²) in [7, 11) is 0. The molecule has 0 bridgehead atoms. The van der Waals surface area contributed by atoms with Crippen LogP contribution in [0.3, 0.4) is 0 Å². The summed E-state index contributed by atoms with van der Waals surface area (Å²) in [4.78, 5) is 13.3. The highest BCUT2D eigenvalue weighted by molar-refractivity contribution is 5.85. The maximum Gasteiger partial charge on any atom is 0.236 e. The molecule has 1 aliphatic heterocycles. The van der Waals surface area contributed by atoms with Crippen LogP contribution in [-0.2, 0) is 11.2 Å². The molecule has 0 aliphatic carbocycles. The van der Waals surface area contributed by atoms with Gasteiger partial charge in [0.25, 0.3) is 0 Å². The fourth-order valence-corrected chi connectivity index (χ4v) is 2.30. The Morgan fingerprint density at radius 2 is 2.06 bits per heavy atom. The maximum atomic E-state index is 11.4. The first-order valence-electron chi connectivity index (χ1n) is 5.81. The van der Waals surface area contributed by atoms with Gasteiger partial charge in [-0.3, -0.25) is 4.79 Å². The highest BCUT2D eigenvalue weighted by Crippen LogP contribution is 2.20. The molecule has 1 fully saturated rings. The molecule has 17 heavy (non-hydrogen) atoms. The smallest absolute Gasteiger partial charge is 0.236 e. The van der Waals surface area contributed by atoms with E-state index in [0.29, 0.717) is 5.92 Å². The number of halogens is 1. The number of likely N-dealkylation sites (tertiary alicyclic amines) is 1. The monoisotopic (exact) mass is 254 g/mol. The fourth-order valence-electron chi connectivity index (χ4n) is 2.30. The summed E-state index contributed by atoms with van der Waals surface area (Å²) in [6.45, 7) is 1.87. The van der Waals surface area contributed by atoms with Gasteiger partial charge < -0.3 is 10.6 Å². The molecule has 0 radical (unpaired) electrons. The van der Waals surface area contributed by atoms with Crippen LogP contribution in [0.1, 0.15) is 12.0 Å². The van der Waals surface area contributed by atoms with Crippen molar-refractivity contribution in [3.8, 4) is 0 Å². The molecule has 4 heteroatoms. The molecule has 0 saturated carbocycles. The summed E-state index contributed by atoms with van der Waals surface area (Å²) in [5.41, 5.74) is 6.71. The van der Waals surface area contributed by atoms with Crippen LogP contribution >= 0.6 is 12.4 Å². The second-order valence-electron chi connectivity index (χ2n) is 4.39. The SMILES string of the molecule is Cl.NCC(=O)N1CCC(Cc2ccccc2)C1. The van der Waals surface area contributed by atoms with Crippen LogP contribution < -0.4 is 5.73 Å². The van der Waals surface area contributed by atoms with Gasteiger partial charge in [-0.15, -0.1) is 12.4 Å². The van der Waals surface area contributed by atoms with E-state index >= 15 is 0 Å². The normalized spacial score (nSPS) is 18.9. The summed E-state index contributed by atoms with van der Waals surface area (Å²) in [5, 5.41) is 0. The third-order valence-electron chi connectivity index (χ3n) is 3.18. The Bertz CT molecular complexity index is 356. The van der Waals surface area contributed by atoms with Gasteiger partial charge in [-0.25, -0.2) is 0 Å². The van der Waals surface area contributed by atoms with Gasteiger partial charge in [0, 0.05) is 13.1 Å². The Kier molecular flexibility index (Phi) is 5.45. The van der Waals surface area contributed by atoms with Gasteiger partial charge in [-0.2, -0.15) is 0 Å². The lowest BCUT2D eigenvalue weighted by Gasteiger charge is -2.15. The van der Waals surface area contributed by atoms with Crippen LogP contribution in [-0.4, -0.2) is 30.4 Å². The van der Waals surface area contributed by atoms with Crippen molar-refractivity contribution in [2.75, 3.05) is 19.6 Å². The summed E-state index contributed by atoms with van der Waals surface area (Å²) in [6.07, 6.45) is 2.16. The van der Waals surface area contributed by atoms with E-state index in [0.717, 1.165) is 25.9 Å². The molecule has 1 amide bonds. The van der Waals surface area contributed by atoms with Crippen molar-refractivity contribution in [1.82, 2.24) is 4.90 Å². The first kappa shape index (κ1) is 14.0. The van der Waals surface area contributed by atoms with Crippen molar-refractivity contribution in [2.45, 2.75) is 12.8 Å². The molecular weight excluding hydrogens is 236 g/mol. The highest BCUT2D eigenvalue weighted by atomic mass is 35.5. The summed E-state index contributed by atoms with van der Waals surface area (Å²) in [6, 6.07) is 10.4. The zero-order valence-electron chi connectivity index (χ0n) is 9.84. The topological polar surface area (TPSA) is 46.3 Å². The minimum atomic E-state index is 0. The Balaban J connectivity index is 0.00000144. The summed E-state index contributed by atoms with van der Waals surface area (Å²) < 4.78 is 0. The van der Waals surface area contributed by atoms with E-state index < -0.39 is 0 Å². The molecular formula is C13H19ClN2O. The molecule has 0 spiro atoms. The lowest BCUT2D eigenvalue weighted by Crippen LogP contribution is -2.34. The lowest BCUT2D eigenvalue weighted by atomic mass is 9.99. The first-order valence-corrected chi connectivity index (χ1v) is 5.81. The van der Waals surface area contributed by atoms with Gasteiger partial charge in [0.05, 0.1) is 6.54 Å².